The number of benzene rings is 13. The van der Waals surface area contributed by atoms with Crippen molar-refractivity contribution in [3.05, 3.63) is 314 Å². The van der Waals surface area contributed by atoms with E-state index in [-0.39, 0.29) is 0 Å². The molecular formula is C80H50BN5. The van der Waals surface area contributed by atoms with Crippen molar-refractivity contribution in [1.29, 1.82) is 10.5 Å². The molecule has 0 unspecified atom stereocenters. The number of rotatable bonds is 9. The number of nitriles is 2. The lowest BCUT2D eigenvalue weighted by Crippen LogP contribution is -2.62. The maximum atomic E-state index is 12.8. The second-order valence-electron chi connectivity index (χ2n) is 22.1. The minimum Gasteiger partial charge on any atom is -0.309 e. The minimum atomic E-state index is -0.510. The van der Waals surface area contributed by atoms with Crippen LogP contribution in [0.3, 0.4) is 0 Å². The quantitative estimate of drug-likeness (QED) is 0.135. The lowest BCUT2D eigenvalue weighted by atomic mass is 9.33. The van der Waals surface area contributed by atoms with Gasteiger partial charge in [-0.15, -0.1) is 0 Å². The van der Waals surface area contributed by atoms with Crippen molar-refractivity contribution in [3.8, 4) is 84.6 Å². The Morgan fingerprint density at radius 1 is 0.267 bits per heavy atom. The van der Waals surface area contributed by atoms with Gasteiger partial charge in [0.2, 0.25) is 0 Å². The average Bonchev–Trinajstić information content (AvgIpc) is 0.818. The molecule has 0 spiro atoms. The Morgan fingerprint density at radius 3 is 0.919 bits per heavy atom. The molecule has 13 aromatic carbocycles. The fourth-order valence-corrected chi connectivity index (χ4v) is 13.8. The molecule has 2 aliphatic rings. The van der Waals surface area contributed by atoms with Gasteiger partial charge in [-0.3, -0.25) is 0 Å². The van der Waals surface area contributed by atoms with E-state index in [2.05, 4.69) is 330 Å². The number of hydrogen-bond acceptors (Lipinski definition) is 4. The van der Waals surface area contributed by atoms with E-state index in [4.69, 9.17) is 0 Å². The number of aromatic nitrogens is 1. The first-order valence-electron chi connectivity index (χ1n) is 29.2. The Bertz CT molecular complexity index is 4640. The van der Waals surface area contributed by atoms with Crippen molar-refractivity contribution in [2.45, 2.75) is 0 Å². The molecule has 16 rings (SSSR count). The molecule has 5 nitrogen and oxygen atoms in total. The zero-order valence-electron chi connectivity index (χ0n) is 46.7. The monoisotopic (exact) mass is 1090 g/mol. The van der Waals surface area contributed by atoms with E-state index in [1.54, 1.807) is 0 Å². The van der Waals surface area contributed by atoms with E-state index in [1.807, 2.05) is 0 Å². The lowest BCUT2D eigenvalue weighted by molar-refractivity contribution is 1.13. The van der Waals surface area contributed by atoms with Gasteiger partial charge in [0, 0.05) is 44.4 Å². The van der Waals surface area contributed by atoms with Crippen molar-refractivity contribution >= 4 is 79.0 Å². The fraction of sp³-hybridized carbons (Fsp3) is 0. The molecule has 14 aromatic rings. The molecule has 86 heavy (non-hydrogen) atoms. The molecule has 0 bridgehead atoms. The summed E-state index contributed by atoms with van der Waals surface area (Å²) in [4.78, 5) is 4.82. The number of fused-ring (bicyclic) bond motifs is 7. The number of hydrogen-bond donors (Lipinski definition) is 0. The van der Waals surface area contributed by atoms with Crippen LogP contribution in [0.15, 0.2) is 303 Å². The van der Waals surface area contributed by atoms with Crippen molar-refractivity contribution < 1.29 is 0 Å². The molecule has 1 aromatic heterocycles. The van der Waals surface area contributed by atoms with Crippen LogP contribution in [-0.2, 0) is 0 Å². The third-order valence-electron chi connectivity index (χ3n) is 17.5. The highest BCUT2D eigenvalue weighted by Crippen LogP contribution is 2.56. The first-order chi connectivity index (χ1) is 42.7. The van der Waals surface area contributed by atoms with E-state index in [9.17, 15) is 10.5 Å². The molecule has 3 heterocycles. The first-order valence-corrected chi connectivity index (χ1v) is 29.2. The average molecular weight is 1090 g/mol. The molecule has 0 N–H and O–H groups in total. The molecule has 0 fully saturated rings. The van der Waals surface area contributed by atoms with Crippen LogP contribution in [0.5, 0.6) is 0 Å². The lowest BCUT2D eigenvalue weighted by Gasteiger charge is -2.47. The molecule has 0 saturated heterocycles. The van der Waals surface area contributed by atoms with Crippen molar-refractivity contribution in [2.24, 2.45) is 0 Å². The summed E-state index contributed by atoms with van der Waals surface area (Å²) >= 11 is 0. The van der Waals surface area contributed by atoms with Crippen LogP contribution in [0.25, 0.3) is 94.3 Å². The van der Waals surface area contributed by atoms with Gasteiger partial charge in [0.15, 0.2) is 0 Å². The predicted octanol–water partition coefficient (Wildman–Crippen LogP) is 18.6. The van der Waals surface area contributed by atoms with E-state index in [1.165, 1.54) is 0 Å². The predicted molar refractivity (Wildman–Crippen MR) is 357 cm³/mol. The molecule has 2 aliphatic heterocycles. The maximum absolute atomic E-state index is 12.8. The van der Waals surface area contributed by atoms with Gasteiger partial charge in [-0.1, -0.05) is 279 Å². The van der Waals surface area contributed by atoms with E-state index >= 15 is 0 Å². The Kier molecular flexibility index (Phi) is 12.0. The van der Waals surface area contributed by atoms with E-state index in [0.29, 0.717) is 28.2 Å². The summed E-state index contributed by atoms with van der Waals surface area (Å²) in [6, 6.07) is 113. The minimum absolute atomic E-state index is 0.388. The fourth-order valence-electron chi connectivity index (χ4n) is 13.8. The second-order valence-corrected chi connectivity index (χ2v) is 22.1. The summed E-state index contributed by atoms with van der Waals surface area (Å²) < 4.78 is 2.20. The molecule has 0 amide bonds. The number of para-hydroxylation sites is 4. The molecule has 0 aliphatic carbocycles. The molecular weight excluding hydrogens is 1040 g/mol. The van der Waals surface area contributed by atoms with Gasteiger partial charge < -0.3 is 14.4 Å². The topological polar surface area (TPSA) is 59.0 Å². The van der Waals surface area contributed by atoms with Crippen LogP contribution in [0, 0.1) is 22.7 Å². The SMILES string of the molecule is N#Cc1c2c3c(c(C#N)c1-n1c4ccccc4c4ccccc41)N(c1c(-c4ccccc4)cccc1-c1ccccc1)c1ccc(-c4ccccc4)cc1B3c1cc(-c3ccccc3)ccc1N2c1c(-c2ccccc2)cccc1-c1ccccc1. The van der Waals surface area contributed by atoms with Gasteiger partial charge in [0.1, 0.15) is 23.3 Å². The molecule has 0 atom stereocenters. The summed E-state index contributed by atoms with van der Waals surface area (Å²) in [6.45, 7) is -0.510. The summed E-state index contributed by atoms with van der Waals surface area (Å²) in [6.07, 6.45) is 0. The van der Waals surface area contributed by atoms with Crippen molar-refractivity contribution in [3.63, 3.8) is 0 Å². The second kappa shape index (κ2) is 20.6. The van der Waals surface area contributed by atoms with E-state index in [0.717, 1.165) is 128 Å². The smallest absolute Gasteiger partial charge is 0.252 e. The van der Waals surface area contributed by atoms with Gasteiger partial charge in [0.25, 0.3) is 6.71 Å². The third kappa shape index (κ3) is 7.86. The van der Waals surface area contributed by atoms with Crippen molar-refractivity contribution in [1.82, 2.24) is 4.57 Å². The van der Waals surface area contributed by atoms with Gasteiger partial charge >= 0.3 is 0 Å². The summed E-state index contributed by atoms with van der Waals surface area (Å²) in [5, 5.41) is 27.7. The zero-order valence-corrected chi connectivity index (χ0v) is 46.7. The van der Waals surface area contributed by atoms with Crippen LogP contribution >= 0.6 is 0 Å². The Hall–Kier alpha value is -11.7. The first kappa shape index (κ1) is 50.1. The van der Waals surface area contributed by atoms with Gasteiger partial charge in [-0.25, -0.2) is 0 Å². The van der Waals surface area contributed by atoms with Gasteiger partial charge in [-0.05, 0) is 85.2 Å². The summed E-state index contributed by atoms with van der Waals surface area (Å²) in [7, 11) is 0. The highest BCUT2D eigenvalue weighted by Gasteiger charge is 2.49. The molecule has 0 radical (unpaired) electrons. The van der Waals surface area contributed by atoms with Crippen molar-refractivity contribution in [2.75, 3.05) is 9.80 Å². The Morgan fingerprint density at radius 2 is 0.581 bits per heavy atom. The van der Waals surface area contributed by atoms with Gasteiger partial charge in [-0.2, -0.15) is 10.5 Å². The third-order valence-corrected chi connectivity index (χ3v) is 17.5. The Labute approximate surface area is 500 Å². The normalized spacial score (nSPS) is 12.1. The zero-order chi connectivity index (χ0) is 57.2. The van der Waals surface area contributed by atoms with Crippen LogP contribution in [0.2, 0.25) is 0 Å². The van der Waals surface area contributed by atoms with Gasteiger partial charge in [0.05, 0.1) is 39.5 Å². The Balaban J connectivity index is 1.17. The number of nitrogens with zero attached hydrogens (tertiary/aromatic N) is 5. The maximum Gasteiger partial charge on any atom is 0.252 e. The van der Waals surface area contributed by atoms with Crippen LogP contribution < -0.4 is 26.2 Å². The van der Waals surface area contributed by atoms with Crippen LogP contribution in [-0.4, -0.2) is 11.3 Å². The van der Waals surface area contributed by atoms with E-state index < -0.39 is 6.71 Å². The summed E-state index contributed by atoms with van der Waals surface area (Å²) in [5.41, 5.74) is 23.5. The molecule has 0 saturated carbocycles. The largest absolute Gasteiger partial charge is 0.309 e. The van der Waals surface area contributed by atoms with Crippen LogP contribution in [0.4, 0.5) is 34.1 Å². The highest BCUT2D eigenvalue weighted by molar-refractivity contribution is 7.00. The summed E-state index contributed by atoms with van der Waals surface area (Å²) in [5.74, 6) is 0. The highest BCUT2D eigenvalue weighted by atomic mass is 15.2. The molecule has 6 heteroatoms. The van der Waals surface area contributed by atoms with Crippen LogP contribution in [0.1, 0.15) is 11.1 Å². The standard InChI is InChI=1S/C80H50BN5/c82-51-67-78(84-71-43-21-19-37-65(71)66-38-20-22-44-72(66)84)68(52-83)80-75-79(67)85(76-61(55-29-11-3-12-30-55)39-23-40-62(76)56-31-13-4-14-32-56)73-47-45-59(53-25-7-1-8-26-53)49-69(73)81(75)70-50-60(54-27-9-2-10-28-54)46-48-74(70)86(80)77-63(57-33-15-5-16-34-57)41-24-42-64(77)58-35-17-6-18-36-58/h1-50H. The number of anilines is 6. The molecule has 398 valence electrons.